The third kappa shape index (κ3) is 2.62. The van der Waals surface area contributed by atoms with Crippen LogP contribution in [0.3, 0.4) is 0 Å². The van der Waals surface area contributed by atoms with Gasteiger partial charge in [0.25, 0.3) is 0 Å². The zero-order valence-electron chi connectivity index (χ0n) is 22.4. The number of halogens is 1. The van der Waals surface area contributed by atoms with Crippen molar-refractivity contribution in [1.29, 1.82) is 0 Å². The lowest BCUT2D eigenvalue weighted by Crippen LogP contribution is -2.26. The number of benzene rings is 6. The summed E-state index contributed by atoms with van der Waals surface area (Å²) >= 11 is 3.72. The van der Waals surface area contributed by atoms with Crippen molar-refractivity contribution < 1.29 is 4.42 Å². The van der Waals surface area contributed by atoms with Crippen LogP contribution >= 0.6 is 15.9 Å². The van der Waals surface area contributed by atoms with Crippen molar-refractivity contribution >= 4 is 48.9 Å². The van der Waals surface area contributed by atoms with Gasteiger partial charge in [0.2, 0.25) is 5.71 Å². The quantitative estimate of drug-likeness (QED) is 0.183. The third-order valence-corrected chi connectivity index (χ3v) is 9.98. The van der Waals surface area contributed by atoms with Gasteiger partial charge >= 0.3 is 0 Å². The molecule has 196 valence electrons. The molecular formula is C39H22BrNO. The molecule has 0 bridgehead atoms. The average molecular weight is 601 g/mol. The van der Waals surface area contributed by atoms with E-state index in [1.54, 1.807) is 0 Å². The fourth-order valence-electron chi connectivity index (χ4n) is 7.94. The van der Waals surface area contributed by atoms with E-state index < -0.39 is 0 Å². The van der Waals surface area contributed by atoms with Crippen molar-refractivity contribution in [2.24, 2.45) is 0 Å². The normalized spacial score (nSPS) is 14.0. The van der Waals surface area contributed by atoms with Crippen LogP contribution in [0.5, 0.6) is 0 Å². The molecule has 0 saturated carbocycles. The van der Waals surface area contributed by atoms with Crippen LogP contribution in [0.15, 0.2) is 142 Å². The van der Waals surface area contributed by atoms with Gasteiger partial charge in [-0.1, -0.05) is 113 Å². The minimum Gasteiger partial charge on any atom is -0.439 e. The largest absolute Gasteiger partial charge is 0.439 e. The van der Waals surface area contributed by atoms with Gasteiger partial charge in [0.15, 0.2) is 0 Å². The molecule has 2 aromatic heterocycles. The first-order chi connectivity index (χ1) is 20.7. The second kappa shape index (κ2) is 7.90. The SMILES string of the molecule is Brc1ccc2c(c1)c1c3ccccc3oc1n2-c1ccc2c(c1)C1(c3ccccc3-c3ccccc31)c1ccccc1-2. The van der Waals surface area contributed by atoms with Crippen molar-refractivity contribution in [1.82, 2.24) is 4.57 Å². The molecule has 0 amide bonds. The van der Waals surface area contributed by atoms with Gasteiger partial charge < -0.3 is 4.42 Å². The third-order valence-electron chi connectivity index (χ3n) is 9.49. The number of rotatable bonds is 1. The molecule has 8 aromatic rings. The minimum absolute atomic E-state index is 0.381. The first-order valence-electron chi connectivity index (χ1n) is 14.3. The molecule has 2 nitrogen and oxygen atoms in total. The van der Waals surface area contributed by atoms with Crippen molar-refractivity contribution in [3.8, 4) is 27.9 Å². The number of hydrogen-bond donors (Lipinski definition) is 0. The number of aromatic nitrogens is 1. The molecule has 3 heteroatoms. The fourth-order valence-corrected chi connectivity index (χ4v) is 8.30. The van der Waals surface area contributed by atoms with E-state index in [1.807, 2.05) is 6.07 Å². The molecule has 0 atom stereocenters. The summed E-state index contributed by atoms with van der Waals surface area (Å²) < 4.78 is 9.98. The fraction of sp³-hybridized carbons (Fsp3) is 0.0256. The number of para-hydroxylation sites is 1. The molecule has 10 rings (SSSR count). The smallest absolute Gasteiger partial charge is 0.213 e. The van der Waals surface area contributed by atoms with Crippen LogP contribution in [0.2, 0.25) is 0 Å². The Labute approximate surface area is 250 Å². The van der Waals surface area contributed by atoms with Gasteiger partial charge in [0, 0.05) is 20.9 Å². The minimum atomic E-state index is -0.381. The topological polar surface area (TPSA) is 18.1 Å². The first-order valence-corrected chi connectivity index (χ1v) is 15.1. The van der Waals surface area contributed by atoms with Gasteiger partial charge in [-0.15, -0.1) is 0 Å². The standard InChI is InChI=1S/C39H22BrNO/c40-23-17-20-35-30(21-23)37-29-12-4-8-16-36(29)42-38(37)41(35)24-18-19-28-27-11-3-7-15-33(27)39(34(28)22-24)31-13-5-1-9-25(31)26-10-2-6-14-32(26)39/h1-22H. The lowest BCUT2D eigenvalue weighted by atomic mass is 9.70. The number of fused-ring (bicyclic) bond motifs is 15. The van der Waals surface area contributed by atoms with Crippen LogP contribution in [-0.4, -0.2) is 4.57 Å². The molecule has 6 aromatic carbocycles. The predicted octanol–water partition coefficient (Wildman–Crippen LogP) is 10.6. The molecular weight excluding hydrogens is 578 g/mol. The zero-order chi connectivity index (χ0) is 27.6. The summed E-state index contributed by atoms with van der Waals surface area (Å²) in [5, 5.41) is 3.47. The maximum absolute atomic E-state index is 6.62. The second-order valence-corrected chi connectivity index (χ2v) is 12.3. The maximum Gasteiger partial charge on any atom is 0.213 e. The Morgan fingerprint density at radius 1 is 0.524 bits per heavy atom. The predicted molar refractivity (Wildman–Crippen MR) is 175 cm³/mol. The molecule has 1 spiro atoms. The monoisotopic (exact) mass is 599 g/mol. The lowest BCUT2D eigenvalue weighted by molar-refractivity contribution is 0.645. The van der Waals surface area contributed by atoms with E-state index in [2.05, 4.69) is 148 Å². The van der Waals surface area contributed by atoms with E-state index in [-0.39, 0.29) is 5.41 Å². The lowest BCUT2D eigenvalue weighted by Gasteiger charge is -2.30. The van der Waals surface area contributed by atoms with Crippen LogP contribution in [0.4, 0.5) is 0 Å². The molecule has 0 saturated heterocycles. The number of hydrogen-bond acceptors (Lipinski definition) is 1. The summed E-state index contributed by atoms with van der Waals surface area (Å²) in [7, 11) is 0. The van der Waals surface area contributed by atoms with Crippen LogP contribution < -0.4 is 0 Å². The first kappa shape index (κ1) is 22.8. The summed E-state index contributed by atoms with van der Waals surface area (Å²) in [6.45, 7) is 0. The van der Waals surface area contributed by atoms with E-state index in [1.165, 1.54) is 49.9 Å². The van der Waals surface area contributed by atoms with E-state index in [0.29, 0.717) is 0 Å². The van der Waals surface area contributed by atoms with Gasteiger partial charge in [0.05, 0.1) is 16.3 Å². The van der Waals surface area contributed by atoms with E-state index in [0.717, 1.165) is 37.7 Å². The molecule has 0 unspecified atom stereocenters. The summed E-state index contributed by atoms with van der Waals surface area (Å²) in [4.78, 5) is 0. The van der Waals surface area contributed by atoms with Gasteiger partial charge in [-0.3, -0.25) is 4.57 Å². The van der Waals surface area contributed by atoms with Crippen LogP contribution in [0.1, 0.15) is 22.3 Å². The van der Waals surface area contributed by atoms with Crippen molar-refractivity contribution in [2.45, 2.75) is 5.41 Å². The highest BCUT2D eigenvalue weighted by molar-refractivity contribution is 9.10. The maximum atomic E-state index is 6.62. The number of furan rings is 1. The van der Waals surface area contributed by atoms with Crippen LogP contribution in [-0.2, 0) is 5.41 Å². The van der Waals surface area contributed by atoms with Gasteiger partial charge in [-0.2, -0.15) is 0 Å². The van der Waals surface area contributed by atoms with E-state index in [9.17, 15) is 0 Å². The summed E-state index contributed by atoms with van der Waals surface area (Å²) in [6, 6.07) is 48.7. The van der Waals surface area contributed by atoms with Gasteiger partial charge in [-0.25, -0.2) is 0 Å². The summed E-state index contributed by atoms with van der Waals surface area (Å²) in [6.07, 6.45) is 0. The van der Waals surface area contributed by atoms with Crippen LogP contribution in [0, 0.1) is 0 Å². The van der Waals surface area contributed by atoms with E-state index in [4.69, 9.17) is 4.42 Å². The van der Waals surface area contributed by atoms with Gasteiger partial charge in [0.1, 0.15) is 5.58 Å². The zero-order valence-corrected chi connectivity index (χ0v) is 24.0. The highest BCUT2D eigenvalue weighted by atomic mass is 79.9. The molecule has 0 N–H and O–H groups in total. The molecule has 42 heavy (non-hydrogen) atoms. The summed E-state index contributed by atoms with van der Waals surface area (Å²) in [5.74, 6) is 0. The Kier molecular flexibility index (Phi) is 4.29. The highest BCUT2D eigenvalue weighted by Crippen LogP contribution is 2.63. The van der Waals surface area contributed by atoms with Crippen molar-refractivity contribution in [2.75, 3.05) is 0 Å². The molecule has 0 radical (unpaired) electrons. The summed E-state index contributed by atoms with van der Waals surface area (Å²) in [5.41, 5.74) is 14.2. The van der Waals surface area contributed by atoms with Crippen molar-refractivity contribution in [3.63, 3.8) is 0 Å². The Hall–Kier alpha value is -4.86. The molecule has 2 heterocycles. The Bertz CT molecular complexity index is 2380. The Balaban J connectivity index is 1.35. The Morgan fingerprint density at radius 3 is 1.81 bits per heavy atom. The molecule has 2 aliphatic carbocycles. The van der Waals surface area contributed by atoms with Crippen LogP contribution in [0.25, 0.3) is 60.9 Å². The Morgan fingerprint density at radius 2 is 1.12 bits per heavy atom. The van der Waals surface area contributed by atoms with Gasteiger partial charge in [-0.05, 0) is 80.9 Å². The molecule has 0 aliphatic heterocycles. The molecule has 0 fully saturated rings. The average Bonchev–Trinajstić information content (AvgIpc) is 3.74. The highest BCUT2D eigenvalue weighted by Gasteiger charge is 2.51. The molecule has 2 aliphatic rings. The second-order valence-electron chi connectivity index (χ2n) is 11.4. The van der Waals surface area contributed by atoms with E-state index >= 15 is 0 Å². The van der Waals surface area contributed by atoms with Crippen molar-refractivity contribution in [3.05, 3.63) is 160 Å². The number of nitrogens with zero attached hydrogens (tertiary/aromatic N) is 1.